The molecule has 0 aliphatic carbocycles. The standard InChI is InChI=1S/C21H28N2O4S/c1-15-6-7-18(4)20(13-15)23(28(5,25)26)14-21(24)22-8-9-27-19-11-16(2)10-17(3)12-19/h6-7,10-13H,8-9,14H2,1-5H3,(H,22,24). The molecular formula is C21H28N2O4S. The average molecular weight is 405 g/mol. The van der Waals surface area contributed by atoms with Gasteiger partial charge in [-0.25, -0.2) is 8.42 Å². The molecule has 0 radical (unpaired) electrons. The summed E-state index contributed by atoms with van der Waals surface area (Å²) in [6.45, 7) is 8.01. The van der Waals surface area contributed by atoms with Gasteiger partial charge in [0.05, 0.1) is 18.5 Å². The summed E-state index contributed by atoms with van der Waals surface area (Å²) < 4.78 is 31.3. The Balaban J connectivity index is 1.96. The lowest BCUT2D eigenvalue weighted by atomic mass is 10.1. The topological polar surface area (TPSA) is 75.7 Å². The highest BCUT2D eigenvalue weighted by Crippen LogP contribution is 2.23. The molecule has 0 aromatic heterocycles. The Bertz CT molecular complexity index is 935. The van der Waals surface area contributed by atoms with Gasteiger partial charge in [-0.2, -0.15) is 0 Å². The predicted molar refractivity (Wildman–Crippen MR) is 113 cm³/mol. The number of rotatable bonds is 8. The molecule has 1 amide bonds. The van der Waals surface area contributed by atoms with Crippen molar-refractivity contribution in [2.75, 3.05) is 30.3 Å². The minimum absolute atomic E-state index is 0.271. The second kappa shape index (κ2) is 9.10. The number of sulfonamides is 1. The molecule has 7 heteroatoms. The lowest BCUT2D eigenvalue weighted by Gasteiger charge is -2.24. The molecule has 0 unspecified atom stereocenters. The molecule has 0 heterocycles. The number of nitrogens with one attached hydrogen (secondary N) is 1. The zero-order valence-electron chi connectivity index (χ0n) is 17.1. The van der Waals surface area contributed by atoms with E-state index in [9.17, 15) is 13.2 Å². The van der Waals surface area contributed by atoms with Crippen LogP contribution in [-0.2, 0) is 14.8 Å². The Hall–Kier alpha value is -2.54. The van der Waals surface area contributed by atoms with Crippen LogP contribution in [0.3, 0.4) is 0 Å². The van der Waals surface area contributed by atoms with Gasteiger partial charge in [0.2, 0.25) is 15.9 Å². The van der Waals surface area contributed by atoms with E-state index in [2.05, 4.69) is 11.4 Å². The molecule has 0 saturated heterocycles. The van der Waals surface area contributed by atoms with E-state index < -0.39 is 10.0 Å². The third-order valence-corrected chi connectivity index (χ3v) is 5.34. The van der Waals surface area contributed by atoms with Gasteiger partial charge >= 0.3 is 0 Å². The minimum Gasteiger partial charge on any atom is -0.492 e. The first kappa shape index (κ1) is 21.8. The molecule has 0 spiro atoms. The number of anilines is 1. The Kier molecular flexibility index (Phi) is 7.07. The fraction of sp³-hybridized carbons (Fsp3) is 0.381. The van der Waals surface area contributed by atoms with E-state index in [0.717, 1.165) is 38.6 Å². The van der Waals surface area contributed by atoms with Gasteiger partial charge in [0.25, 0.3) is 0 Å². The Labute approximate surface area is 167 Å². The SMILES string of the molecule is Cc1cc(C)cc(OCCNC(=O)CN(c2cc(C)ccc2C)S(C)(=O)=O)c1. The molecule has 6 nitrogen and oxygen atoms in total. The highest BCUT2D eigenvalue weighted by atomic mass is 32.2. The van der Waals surface area contributed by atoms with Crippen LogP contribution in [0.2, 0.25) is 0 Å². The first-order valence-corrected chi connectivity index (χ1v) is 10.9. The summed E-state index contributed by atoms with van der Waals surface area (Å²) in [6, 6.07) is 11.4. The fourth-order valence-corrected chi connectivity index (χ4v) is 3.84. The van der Waals surface area contributed by atoms with Gasteiger partial charge in [-0.3, -0.25) is 9.10 Å². The van der Waals surface area contributed by atoms with Crippen molar-refractivity contribution in [3.63, 3.8) is 0 Å². The smallest absolute Gasteiger partial charge is 0.240 e. The van der Waals surface area contributed by atoms with Crippen molar-refractivity contribution >= 4 is 21.6 Å². The molecule has 28 heavy (non-hydrogen) atoms. The van der Waals surface area contributed by atoms with Gasteiger partial charge in [-0.1, -0.05) is 18.2 Å². The maximum atomic E-state index is 12.3. The van der Waals surface area contributed by atoms with Gasteiger partial charge < -0.3 is 10.1 Å². The number of hydrogen-bond donors (Lipinski definition) is 1. The molecule has 1 N–H and O–H groups in total. The maximum absolute atomic E-state index is 12.3. The Morgan fingerprint density at radius 1 is 1.00 bits per heavy atom. The molecular weight excluding hydrogens is 376 g/mol. The molecule has 152 valence electrons. The number of carbonyl (C=O) groups is 1. The Morgan fingerprint density at radius 3 is 2.25 bits per heavy atom. The van der Waals surface area contributed by atoms with Crippen LogP contribution >= 0.6 is 0 Å². The van der Waals surface area contributed by atoms with Crippen molar-refractivity contribution in [2.45, 2.75) is 27.7 Å². The number of nitrogens with zero attached hydrogens (tertiary/aromatic N) is 1. The molecule has 0 atom stereocenters. The maximum Gasteiger partial charge on any atom is 0.240 e. The lowest BCUT2D eigenvalue weighted by molar-refractivity contribution is -0.119. The molecule has 0 bridgehead atoms. The zero-order chi connectivity index (χ0) is 20.9. The van der Waals surface area contributed by atoms with Crippen LogP contribution < -0.4 is 14.4 Å². The molecule has 2 aromatic carbocycles. The van der Waals surface area contributed by atoms with Crippen LogP contribution in [0.25, 0.3) is 0 Å². The summed E-state index contributed by atoms with van der Waals surface area (Å²) in [6.07, 6.45) is 1.10. The summed E-state index contributed by atoms with van der Waals surface area (Å²) >= 11 is 0. The number of ether oxygens (including phenoxy) is 1. The van der Waals surface area contributed by atoms with Crippen LogP contribution in [0.1, 0.15) is 22.3 Å². The summed E-state index contributed by atoms with van der Waals surface area (Å²) in [5.41, 5.74) is 4.45. The predicted octanol–water partition coefficient (Wildman–Crippen LogP) is 2.88. The van der Waals surface area contributed by atoms with E-state index in [-0.39, 0.29) is 19.0 Å². The largest absolute Gasteiger partial charge is 0.492 e. The fourth-order valence-electron chi connectivity index (χ4n) is 2.93. The van der Waals surface area contributed by atoms with E-state index >= 15 is 0 Å². The third kappa shape index (κ3) is 6.27. The van der Waals surface area contributed by atoms with Crippen molar-refractivity contribution in [1.82, 2.24) is 5.32 Å². The number of aryl methyl sites for hydroxylation is 4. The van der Waals surface area contributed by atoms with Gasteiger partial charge in [-0.05, 0) is 68.1 Å². The Morgan fingerprint density at radius 2 is 1.64 bits per heavy atom. The average Bonchev–Trinajstić information content (AvgIpc) is 2.57. The van der Waals surface area contributed by atoms with Crippen LogP contribution in [0, 0.1) is 27.7 Å². The molecule has 2 aromatic rings. The number of benzene rings is 2. The lowest BCUT2D eigenvalue weighted by Crippen LogP contribution is -2.41. The van der Waals surface area contributed by atoms with Gasteiger partial charge in [0.15, 0.2) is 0 Å². The van der Waals surface area contributed by atoms with Crippen LogP contribution in [0.4, 0.5) is 5.69 Å². The van der Waals surface area contributed by atoms with Gasteiger partial charge in [0.1, 0.15) is 18.9 Å². The highest BCUT2D eigenvalue weighted by Gasteiger charge is 2.22. The quantitative estimate of drug-likeness (QED) is 0.687. The first-order valence-electron chi connectivity index (χ1n) is 9.09. The molecule has 0 fully saturated rings. The van der Waals surface area contributed by atoms with E-state index in [4.69, 9.17) is 4.74 Å². The highest BCUT2D eigenvalue weighted by molar-refractivity contribution is 7.92. The van der Waals surface area contributed by atoms with Crippen molar-refractivity contribution in [3.05, 3.63) is 58.7 Å². The number of amides is 1. The van der Waals surface area contributed by atoms with E-state index in [1.165, 1.54) is 0 Å². The molecule has 0 saturated carbocycles. The summed E-state index contributed by atoms with van der Waals surface area (Å²) in [7, 11) is -3.59. The summed E-state index contributed by atoms with van der Waals surface area (Å²) in [4.78, 5) is 12.3. The zero-order valence-corrected chi connectivity index (χ0v) is 17.9. The van der Waals surface area contributed by atoms with E-state index in [1.54, 1.807) is 6.07 Å². The van der Waals surface area contributed by atoms with Crippen molar-refractivity contribution < 1.29 is 17.9 Å². The molecule has 2 rings (SSSR count). The second-order valence-corrected chi connectivity index (χ2v) is 8.99. The van der Waals surface area contributed by atoms with Crippen LogP contribution in [0.15, 0.2) is 36.4 Å². The van der Waals surface area contributed by atoms with E-state index in [1.807, 2.05) is 52.0 Å². The van der Waals surface area contributed by atoms with Crippen molar-refractivity contribution in [1.29, 1.82) is 0 Å². The van der Waals surface area contributed by atoms with Crippen molar-refractivity contribution in [3.8, 4) is 5.75 Å². The van der Waals surface area contributed by atoms with Crippen LogP contribution in [-0.4, -0.2) is 40.3 Å². The minimum atomic E-state index is -3.59. The van der Waals surface area contributed by atoms with Gasteiger partial charge in [0, 0.05) is 0 Å². The number of carbonyl (C=O) groups excluding carboxylic acids is 1. The van der Waals surface area contributed by atoms with Crippen molar-refractivity contribution in [2.24, 2.45) is 0 Å². The second-order valence-electron chi connectivity index (χ2n) is 7.08. The van der Waals surface area contributed by atoms with E-state index in [0.29, 0.717) is 12.3 Å². The monoisotopic (exact) mass is 404 g/mol. The molecule has 0 aliphatic rings. The third-order valence-electron chi connectivity index (χ3n) is 4.21. The normalized spacial score (nSPS) is 11.2. The molecule has 0 aliphatic heterocycles. The summed E-state index contributed by atoms with van der Waals surface area (Å²) in [5, 5.41) is 2.72. The summed E-state index contributed by atoms with van der Waals surface area (Å²) in [5.74, 6) is 0.371. The first-order chi connectivity index (χ1) is 13.1. The van der Waals surface area contributed by atoms with Crippen LogP contribution in [0.5, 0.6) is 5.75 Å². The van der Waals surface area contributed by atoms with Gasteiger partial charge in [-0.15, -0.1) is 0 Å². The number of hydrogen-bond acceptors (Lipinski definition) is 4.